The summed E-state index contributed by atoms with van der Waals surface area (Å²) in [6, 6.07) is 8.28. The van der Waals surface area contributed by atoms with Crippen LogP contribution in [0.2, 0.25) is 0 Å². The van der Waals surface area contributed by atoms with Crippen LogP contribution in [-0.2, 0) is 0 Å². The van der Waals surface area contributed by atoms with E-state index < -0.39 is 0 Å². The van der Waals surface area contributed by atoms with Crippen molar-refractivity contribution in [3.8, 4) is 0 Å². The fourth-order valence-electron chi connectivity index (χ4n) is 2.82. The third-order valence-electron chi connectivity index (χ3n) is 3.98. The Kier molecular flexibility index (Phi) is 5.59. The van der Waals surface area contributed by atoms with Gasteiger partial charge in [-0.15, -0.1) is 0 Å². The van der Waals surface area contributed by atoms with Gasteiger partial charge in [0.25, 0.3) is 0 Å². The smallest absolute Gasteiger partial charge is 0.176 e. The molecule has 2 nitrogen and oxygen atoms in total. The molecule has 0 amide bonds. The van der Waals surface area contributed by atoms with E-state index in [1.54, 1.807) is 0 Å². The first-order valence-electron chi connectivity index (χ1n) is 7.23. The summed E-state index contributed by atoms with van der Waals surface area (Å²) in [6.45, 7) is 3.87. The standard InChI is InChI=1S/C16H22BrNO/c1-2-15-6-4-3-5-11-18(15)12-16(19)13-7-9-14(17)10-8-13/h7-10,15H,2-6,11-12H2,1H3. The van der Waals surface area contributed by atoms with Crippen LogP contribution in [0.15, 0.2) is 28.7 Å². The monoisotopic (exact) mass is 323 g/mol. The van der Waals surface area contributed by atoms with Crippen molar-refractivity contribution in [1.29, 1.82) is 0 Å². The Morgan fingerprint density at radius 1 is 1.26 bits per heavy atom. The molecule has 1 aliphatic heterocycles. The number of rotatable bonds is 4. The summed E-state index contributed by atoms with van der Waals surface area (Å²) >= 11 is 3.40. The van der Waals surface area contributed by atoms with E-state index in [1.807, 2.05) is 24.3 Å². The van der Waals surface area contributed by atoms with Crippen LogP contribution in [0.4, 0.5) is 0 Å². The zero-order chi connectivity index (χ0) is 13.7. The molecule has 1 fully saturated rings. The lowest BCUT2D eigenvalue weighted by atomic mass is 10.1. The SMILES string of the molecule is CCC1CCCCCN1CC(=O)c1ccc(Br)cc1. The van der Waals surface area contributed by atoms with Gasteiger partial charge in [0.1, 0.15) is 0 Å². The van der Waals surface area contributed by atoms with Crippen LogP contribution in [0.5, 0.6) is 0 Å². The lowest BCUT2D eigenvalue weighted by Gasteiger charge is -2.28. The molecule has 1 aromatic carbocycles. The molecule has 1 heterocycles. The van der Waals surface area contributed by atoms with E-state index in [2.05, 4.69) is 27.8 Å². The molecule has 104 valence electrons. The molecule has 0 bridgehead atoms. The lowest BCUT2D eigenvalue weighted by molar-refractivity contribution is 0.0890. The van der Waals surface area contributed by atoms with E-state index in [-0.39, 0.29) is 5.78 Å². The van der Waals surface area contributed by atoms with Crippen LogP contribution in [0, 0.1) is 0 Å². The Balaban J connectivity index is 2.01. The second-order valence-corrected chi connectivity index (χ2v) is 6.23. The summed E-state index contributed by atoms with van der Waals surface area (Å²) in [6.07, 6.45) is 6.23. The summed E-state index contributed by atoms with van der Waals surface area (Å²) in [4.78, 5) is 14.7. The van der Waals surface area contributed by atoms with Crippen LogP contribution in [-0.4, -0.2) is 29.8 Å². The molecule has 3 heteroatoms. The Hall–Kier alpha value is -0.670. The highest BCUT2D eigenvalue weighted by Crippen LogP contribution is 2.20. The molecule has 1 atom stereocenters. The number of hydrogen-bond acceptors (Lipinski definition) is 2. The third-order valence-corrected chi connectivity index (χ3v) is 4.51. The molecule has 0 spiro atoms. The predicted molar refractivity (Wildman–Crippen MR) is 82.6 cm³/mol. The minimum Gasteiger partial charge on any atom is -0.293 e. The highest BCUT2D eigenvalue weighted by atomic mass is 79.9. The molecule has 1 saturated heterocycles. The van der Waals surface area contributed by atoms with E-state index in [1.165, 1.54) is 25.7 Å². The van der Waals surface area contributed by atoms with E-state index in [0.29, 0.717) is 12.6 Å². The zero-order valence-corrected chi connectivity index (χ0v) is 13.2. The minimum atomic E-state index is 0.243. The summed E-state index contributed by atoms with van der Waals surface area (Å²) < 4.78 is 1.02. The van der Waals surface area contributed by atoms with Crippen LogP contribution in [0.1, 0.15) is 49.4 Å². The van der Waals surface area contributed by atoms with Crippen LogP contribution >= 0.6 is 15.9 Å². The molecular formula is C16H22BrNO. The number of Topliss-reactive ketones (excluding diaryl/α,β-unsaturated/α-hetero) is 1. The van der Waals surface area contributed by atoms with Gasteiger partial charge in [-0.05, 0) is 37.9 Å². The molecule has 0 aromatic heterocycles. The first-order valence-corrected chi connectivity index (χ1v) is 8.03. The van der Waals surface area contributed by atoms with Gasteiger partial charge in [-0.1, -0.05) is 47.8 Å². The van der Waals surface area contributed by atoms with E-state index >= 15 is 0 Å². The zero-order valence-electron chi connectivity index (χ0n) is 11.6. The van der Waals surface area contributed by atoms with E-state index in [9.17, 15) is 4.79 Å². The van der Waals surface area contributed by atoms with Crippen molar-refractivity contribution < 1.29 is 4.79 Å². The molecule has 1 unspecified atom stereocenters. The lowest BCUT2D eigenvalue weighted by Crippen LogP contribution is -2.38. The van der Waals surface area contributed by atoms with Gasteiger partial charge in [-0.2, -0.15) is 0 Å². The number of nitrogens with zero attached hydrogens (tertiary/aromatic N) is 1. The van der Waals surface area contributed by atoms with E-state index in [0.717, 1.165) is 23.0 Å². The topological polar surface area (TPSA) is 20.3 Å². The quantitative estimate of drug-likeness (QED) is 0.770. The highest BCUT2D eigenvalue weighted by molar-refractivity contribution is 9.10. The van der Waals surface area contributed by atoms with Gasteiger partial charge in [-0.3, -0.25) is 9.69 Å². The predicted octanol–water partition coefficient (Wildman–Crippen LogP) is 4.29. The average molecular weight is 324 g/mol. The maximum absolute atomic E-state index is 12.3. The maximum atomic E-state index is 12.3. The van der Waals surface area contributed by atoms with Gasteiger partial charge in [0.05, 0.1) is 6.54 Å². The van der Waals surface area contributed by atoms with Crippen molar-refractivity contribution in [3.63, 3.8) is 0 Å². The van der Waals surface area contributed by atoms with Gasteiger partial charge in [0.2, 0.25) is 0 Å². The summed E-state index contributed by atoms with van der Waals surface area (Å²) in [5, 5.41) is 0. The summed E-state index contributed by atoms with van der Waals surface area (Å²) in [7, 11) is 0. The maximum Gasteiger partial charge on any atom is 0.176 e. The average Bonchev–Trinajstić information content (AvgIpc) is 2.64. The Morgan fingerprint density at radius 2 is 2.00 bits per heavy atom. The number of hydrogen-bond donors (Lipinski definition) is 0. The van der Waals surface area contributed by atoms with Gasteiger partial charge >= 0.3 is 0 Å². The Bertz CT molecular complexity index is 415. The Morgan fingerprint density at radius 3 is 2.68 bits per heavy atom. The molecule has 0 N–H and O–H groups in total. The second kappa shape index (κ2) is 7.20. The minimum absolute atomic E-state index is 0.243. The Labute approximate surface area is 124 Å². The third kappa shape index (κ3) is 4.15. The molecule has 0 radical (unpaired) electrons. The molecule has 0 saturated carbocycles. The van der Waals surface area contributed by atoms with Crippen molar-refractivity contribution in [1.82, 2.24) is 4.90 Å². The van der Waals surface area contributed by atoms with Crippen LogP contribution in [0.25, 0.3) is 0 Å². The second-order valence-electron chi connectivity index (χ2n) is 5.31. The largest absolute Gasteiger partial charge is 0.293 e. The van der Waals surface area contributed by atoms with Gasteiger partial charge in [0, 0.05) is 16.1 Å². The number of carbonyl (C=O) groups excluding carboxylic acids is 1. The number of benzene rings is 1. The fourth-order valence-corrected chi connectivity index (χ4v) is 3.08. The van der Waals surface area contributed by atoms with Crippen molar-refractivity contribution in [2.24, 2.45) is 0 Å². The van der Waals surface area contributed by atoms with Gasteiger partial charge in [0.15, 0.2) is 5.78 Å². The molecular weight excluding hydrogens is 302 g/mol. The van der Waals surface area contributed by atoms with Crippen LogP contribution < -0.4 is 0 Å². The molecule has 19 heavy (non-hydrogen) atoms. The first kappa shape index (κ1) is 14.7. The van der Waals surface area contributed by atoms with Gasteiger partial charge in [-0.25, -0.2) is 0 Å². The van der Waals surface area contributed by atoms with Gasteiger partial charge < -0.3 is 0 Å². The number of likely N-dealkylation sites (tertiary alicyclic amines) is 1. The molecule has 0 aliphatic carbocycles. The van der Waals surface area contributed by atoms with Crippen molar-refractivity contribution >= 4 is 21.7 Å². The van der Waals surface area contributed by atoms with Crippen molar-refractivity contribution in [3.05, 3.63) is 34.3 Å². The van der Waals surface area contributed by atoms with E-state index in [4.69, 9.17) is 0 Å². The highest BCUT2D eigenvalue weighted by Gasteiger charge is 2.21. The van der Waals surface area contributed by atoms with Crippen LogP contribution in [0.3, 0.4) is 0 Å². The normalized spacial score (nSPS) is 21.1. The number of ketones is 1. The number of halogens is 1. The molecule has 1 aromatic rings. The van der Waals surface area contributed by atoms with Crippen molar-refractivity contribution in [2.45, 2.75) is 45.1 Å². The molecule has 1 aliphatic rings. The van der Waals surface area contributed by atoms with Crippen molar-refractivity contribution in [2.75, 3.05) is 13.1 Å². The number of carbonyl (C=O) groups is 1. The summed E-state index contributed by atoms with van der Waals surface area (Å²) in [5.41, 5.74) is 0.822. The fraction of sp³-hybridized carbons (Fsp3) is 0.562. The summed E-state index contributed by atoms with van der Waals surface area (Å²) in [5.74, 6) is 0.243. The first-order chi connectivity index (χ1) is 9.20. The molecule has 2 rings (SSSR count).